The van der Waals surface area contributed by atoms with E-state index in [4.69, 9.17) is 10.6 Å². The summed E-state index contributed by atoms with van der Waals surface area (Å²) in [6.45, 7) is 7.06. The van der Waals surface area contributed by atoms with Crippen molar-refractivity contribution in [3.63, 3.8) is 0 Å². The smallest absolute Gasteiger partial charge is 0.282 e. The molecule has 6 nitrogen and oxygen atoms in total. The number of halogens is 2. The van der Waals surface area contributed by atoms with Crippen molar-refractivity contribution in [2.45, 2.75) is 13.5 Å². The largest absolute Gasteiger partial charge is 1.00 e. The number of quaternary nitrogens is 1. The van der Waals surface area contributed by atoms with Crippen LogP contribution in [0, 0.1) is 0 Å². The Kier molecular flexibility index (Phi) is 7.25. The predicted octanol–water partition coefficient (Wildman–Crippen LogP) is -2.98. The maximum absolute atomic E-state index is 5.75. The zero-order valence-corrected chi connectivity index (χ0v) is 14.2. The van der Waals surface area contributed by atoms with Crippen molar-refractivity contribution in [3.05, 3.63) is 47.5 Å². The van der Waals surface area contributed by atoms with E-state index in [1.807, 2.05) is 12.0 Å². The topological polar surface area (TPSA) is 61.6 Å². The molecule has 0 saturated carbocycles. The summed E-state index contributed by atoms with van der Waals surface area (Å²) in [5.74, 6) is 0.497. The Balaban J connectivity index is 0.00000121. The zero-order valence-electron chi connectivity index (χ0n) is 12.6. The summed E-state index contributed by atoms with van der Waals surface area (Å²) >= 11 is 0. The Morgan fingerprint density at radius 3 is 2.32 bits per heavy atom. The minimum atomic E-state index is 0. The molecule has 0 radical (unpaired) electrons. The Hall–Kier alpha value is -1.18. The van der Waals surface area contributed by atoms with Gasteiger partial charge in [0.15, 0.2) is 5.70 Å². The van der Waals surface area contributed by atoms with Crippen molar-refractivity contribution >= 4 is 12.4 Å². The van der Waals surface area contributed by atoms with E-state index in [1.54, 1.807) is 5.59 Å². The van der Waals surface area contributed by atoms with E-state index >= 15 is 0 Å². The molecular formula is C14H23Cl2N5O. The number of nitrogens with two attached hydrogens (primary N) is 2. The fourth-order valence-electron chi connectivity index (χ4n) is 2.62. The number of hydrazine groups is 1. The van der Waals surface area contributed by atoms with Crippen LogP contribution in [0.5, 0.6) is 0 Å². The molecule has 2 heterocycles. The maximum Gasteiger partial charge on any atom is 0.282 e. The lowest BCUT2D eigenvalue weighted by Gasteiger charge is -2.36. The van der Waals surface area contributed by atoms with Crippen LogP contribution >= 0.6 is 12.4 Å². The van der Waals surface area contributed by atoms with Crippen molar-refractivity contribution in [1.29, 1.82) is 0 Å². The van der Waals surface area contributed by atoms with Crippen LogP contribution < -0.4 is 23.7 Å². The first-order valence-electron chi connectivity index (χ1n) is 7.01. The lowest BCUT2D eigenvalue weighted by atomic mass is 10.2. The van der Waals surface area contributed by atoms with Crippen LogP contribution in [0.3, 0.4) is 0 Å². The van der Waals surface area contributed by atoms with Crippen molar-refractivity contribution < 1.29 is 22.8 Å². The molecule has 4 N–H and O–H groups in total. The second-order valence-electron chi connectivity index (χ2n) is 5.23. The monoisotopic (exact) mass is 347 g/mol. The molecule has 2 aliphatic rings. The molecule has 124 valence electrons. The van der Waals surface area contributed by atoms with Gasteiger partial charge in [0.05, 0.1) is 0 Å². The SMILES string of the molecule is CC1=C(N)O[NH2+]N1N1CCN(Cc2ccccc2)CC1.Cl.[Cl-]. The molecule has 0 aromatic heterocycles. The minimum absolute atomic E-state index is 0. The van der Waals surface area contributed by atoms with Crippen LogP contribution in [0.2, 0.25) is 0 Å². The maximum atomic E-state index is 5.75. The molecule has 2 aliphatic heterocycles. The van der Waals surface area contributed by atoms with Crippen LogP contribution in [0.15, 0.2) is 41.9 Å². The fraction of sp³-hybridized carbons (Fsp3) is 0.429. The first-order valence-corrected chi connectivity index (χ1v) is 7.01. The number of hydrogen-bond donors (Lipinski definition) is 2. The van der Waals surface area contributed by atoms with Crippen molar-refractivity contribution in [1.82, 2.24) is 15.0 Å². The highest BCUT2D eigenvalue weighted by Gasteiger charge is 2.31. The van der Waals surface area contributed by atoms with E-state index in [-0.39, 0.29) is 24.8 Å². The zero-order chi connectivity index (χ0) is 13.9. The lowest BCUT2D eigenvalue weighted by molar-refractivity contribution is -0.992. The van der Waals surface area contributed by atoms with E-state index < -0.39 is 0 Å². The lowest BCUT2D eigenvalue weighted by Crippen LogP contribution is -3.00. The molecular weight excluding hydrogens is 325 g/mol. The minimum Gasteiger partial charge on any atom is -1.00 e. The number of hydrogen-bond acceptors (Lipinski definition) is 5. The normalized spacial score (nSPS) is 19.4. The molecule has 1 fully saturated rings. The van der Waals surface area contributed by atoms with E-state index in [2.05, 4.69) is 40.2 Å². The van der Waals surface area contributed by atoms with Gasteiger partial charge in [0.25, 0.3) is 5.88 Å². The first-order chi connectivity index (χ1) is 9.74. The Morgan fingerprint density at radius 2 is 1.77 bits per heavy atom. The standard InChI is InChI=1S/C14H21N5O.2ClH/c1-12-14(15)20-16-19(12)18-9-7-17(8-10-18)11-13-5-3-2-4-6-13;;/h2-6,16H,7-11,15H2,1H3;2*1H. The van der Waals surface area contributed by atoms with Crippen molar-refractivity contribution in [3.8, 4) is 0 Å². The summed E-state index contributed by atoms with van der Waals surface area (Å²) in [7, 11) is 0. The van der Waals surface area contributed by atoms with Crippen LogP contribution in [-0.2, 0) is 11.4 Å². The van der Waals surface area contributed by atoms with Crippen molar-refractivity contribution in [2.75, 3.05) is 26.2 Å². The van der Waals surface area contributed by atoms with Gasteiger partial charge in [-0.3, -0.25) is 9.74 Å². The average molecular weight is 348 g/mol. The quantitative estimate of drug-likeness (QED) is 0.571. The molecule has 0 aliphatic carbocycles. The number of nitrogens with zero attached hydrogens (tertiary/aromatic N) is 3. The van der Waals surface area contributed by atoms with Gasteiger partial charge in [-0.25, -0.2) is 0 Å². The second kappa shape index (κ2) is 8.45. The fourth-order valence-corrected chi connectivity index (χ4v) is 2.62. The molecule has 1 aromatic rings. The van der Waals surface area contributed by atoms with E-state index in [0.29, 0.717) is 5.88 Å². The van der Waals surface area contributed by atoms with Gasteiger partial charge in [-0.15, -0.1) is 17.5 Å². The number of piperazine rings is 1. The number of benzene rings is 1. The molecule has 3 rings (SSSR count). The number of allylic oxidation sites excluding steroid dienone is 1. The third-order valence-electron chi connectivity index (χ3n) is 3.88. The van der Waals surface area contributed by atoms with Gasteiger partial charge >= 0.3 is 0 Å². The summed E-state index contributed by atoms with van der Waals surface area (Å²) in [4.78, 5) is 7.73. The molecule has 0 unspecified atom stereocenters. The summed E-state index contributed by atoms with van der Waals surface area (Å²) < 4.78 is 0. The van der Waals surface area contributed by atoms with Gasteiger partial charge in [0.2, 0.25) is 0 Å². The van der Waals surface area contributed by atoms with Gasteiger partial charge < -0.3 is 18.1 Å². The van der Waals surface area contributed by atoms with E-state index in [1.165, 1.54) is 5.56 Å². The predicted molar refractivity (Wildman–Crippen MR) is 82.3 cm³/mol. The molecule has 22 heavy (non-hydrogen) atoms. The summed E-state index contributed by atoms with van der Waals surface area (Å²) in [6, 6.07) is 10.6. The molecule has 0 amide bonds. The summed E-state index contributed by atoms with van der Waals surface area (Å²) in [5.41, 5.74) is 9.79. The van der Waals surface area contributed by atoms with Gasteiger partial charge in [0.1, 0.15) is 0 Å². The van der Waals surface area contributed by atoms with Crippen LogP contribution in [0.1, 0.15) is 12.5 Å². The Morgan fingerprint density at radius 1 is 1.14 bits per heavy atom. The van der Waals surface area contributed by atoms with Crippen LogP contribution in [0.25, 0.3) is 0 Å². The highest BCUT2D eigenvalue weighted by molar-refractivity contribution is 5.85. The van der Waals surface area contributed by atoms with Crippen LogP contribution in [-0.4, -0.2) is 41.2 Å². The number of rotatable bonds is 3. The molecule has 8 heteroatoms. The van der Waals surface area contributed by atoms with Gasteiger partial charge in [-0.2, -0.15) is 5.01 Å². The second-order valence-corrected chi connectivity index (χ2v) is 5.23. The Labute approximate surface area is 143 Å². The average Bonchev–Trinajstić information content (AvgIpc) is 2.81. The molecule has 0 spiro atoms. The molecule has 0 bridgehead atoms. The Bertz CT molecular complexity index is 491. The van der Waals surface area contributed by atoms with Gasteiger partial charge in [-0.05, 0) is 18.1 Å². The highest BCUT2D eigenvalue weighted by Crippen LogP contribution is 2.13. The summed E-state index contributed by atoms with van der Waals surface area (Å²) in [5, 5.41) is 4.30. The summed E-state index contributed by atoms with van der Waals surface area (Å²) in [6.07, 6.45) is 0. The molecule has 0 atom stereocenters. The van der Waals surface area contributed by atoms with E-state index in [0.717, 1.165) is 38.4 Å². The van der Waals surface area contributed by atoms with Crippen molar-refractivity contribution in [2.24, 2.45) is 5.73 Å². The molecule has 1 saturated heterocycles. The molecule has 1 aromatic carbocycles. The van der Waals surface area contributed by atoms with Crippen LogP contribution in [0.4, 0.5) is 0 Å². The first kappa shape index (κ1) is 18.9. The third kappa shape index (κ3) is 4.18. The third-order valence-corrected chi connectivity index (χ3v) is 3.88. The van der Waals surface area contributed by atoms with Gasteiger partial charge in [-0.1, -0.05) is 30.3 Å². The highest BCUT2D eigenvalue weighted by atomic mass is 35.5. The van der Waals surface area contributed by atoms with Gasteiger partial charge in [0, 0.05) is 32.7 Å². The van der Waals surface area contributed by atoms with E-state index in [9.17, 15) is 0 Å².